The van der Waals surface area contributed by atoms with Gasteiger partial charge in [-0.1, -0.05) is 52.5 Å². The zero-order chi connectivity index (χ0) is 21.6. The first-order valence-electron chi connectivity index (χ1n) is 8.30. The molecule has 0 aromatic heterocycles. The van der Waals surface area contributed by atoms with Crippen LogP contribution in [0.1, 0.15) is 28.9 Å². The van der Waals surface area contributed by atoms with Gasteiger partial charge >= 0.3 is 5.97 Å². The van der Waals surface area contributed by atoms with Crippen molar-refractivity contribution in [3.05, 3.63) is 67.6 Å². The normalized spacial score (nSPS) is 11.5. The molecule has 1 atom stereocenters. The lowest BCUT2D eigenvalue weighted by molar-refractivity contribution is -0.147. The molecule has 2 amide bonds. The molecule has 2 rings (SSSR count). The van der Waals surface area contributed by atoms with Crippen LogP contribution in [0.25, 0.3) is 0 Å². The first-order chi connectivity index (χ1) is 13.7. The number of carbonyl (C=O) groups excluding carboxylic acids is 3. The molecule has 6 nitrogen and oxygen atoms in total. The number of carbonyl (C=O) groups is 3. The smallest absolute Gasteiger partial charge is 0.325 e. The van der Waals surface area contributed by atoms with Crippen LogP contribution in [0.4, 0.5) is 0 Å². The first kappa shape index (κ1) is 23.3. The summed E-state index contributed by atoms with van der Waals surface area (Å²) in [6.45, 7) is 0.792. The van der Waals surface area contributed by atoms with Gasteiger partial charge in [0.25, 0.3) is 11.8 Å². The lowest BCUT2D eigenvalue weighted by Crippen LogP contribution is -2.34. The quantitative estimate of drug-likeness (QED) is 0.577. The van der Waals surface area contributed by atoms with E-state index < -0.39 is 37.0 Å². The molecule has 0 aliphatic carbocycles. The van der Waals surface area contributed by atoms with Crippen molar-refractivity contribution in [1.29, 1.82) is 0 Å². The van der Waals surface area contributed by atoms with E-state index >= 15 is 0 Å². The molecule has 0 radical (unpaired) electrons. The van der Waals surface area contributed by atoms with Crippen molar-refractivity contribution < 1.29 is 19.1 Å². The number of rotatable bonds is 7. The van der Waals surface area contributed by atoms with Crippen molar-refractivity contribution in [1.82, 2.24) is 10.6 Å². The van der Waals surface area contributed by atoms with Gasteiger partial charge in [0.15, 0.2) is 6.61 Å². The molecule has 0 fully saturated rings. The fourth-order valence-electron chi connectivity index (χ4n) is 2.33. The van der Waals surface area contributed by atoms with Gasteiger partial charge in [0.1, 0.15) is 6.54 Å². The molecule has 10 heteroatoms. The Bertz CT molecular complexity index is 936. The van der Waals surface area contributed by atoms with Crippen LogP contribution in [-0.2, 0) is 14.3 Å². The number of halogens is 4. The SMILES string of the molecule is C[C@@H](NC(=O)COC(=O)CNC(=O)c1ccc(Cl)cc1Cl)c1ccc(Cl)cc1Cl. The maximum atomic E-state index is 12.0. The molecule has 0 aliphatic heterocycles. The summed E-state index contributed by atoms with van der Waals surface area (Å²) in [4.78, 5) is 35.8. The summed E-state index contributed by atoms with van der Waals surface area (Å²) in [6.07, 6.45) is 0. The lowest BCUT2D eigenvalue weighted by Gasteiger charge is -2.16. The van der Waals surface area contributed by atoms with E-state index in [4.69, 9.17) is 51.1 Å². The number of esters is 1. The number of nitrogens with one attached hydrogen (secondary N) is 2. The Morgan fingerprint density at radius 1 is 0.966 bits per heavy atom. The molecule has 0 aliphatic rings. The van der Waals surface area contributed by atoms with E-state index in [9.17, 15) is 14.4 Å². The third-order valence-corrected chi connectivity index (χ3v) is 4.85. The molecule has 29 heavy (non-hydrogen) atoms. The molecule has 154 valence electrons. The maximum Gasteiger partial charge on any atom is 0.325 e. The van der Waals surface area contributed by atoms with Gasteiger partial charge in [-0.25, -0.2) is 0 Å². The largest absolute Gasteiger partial charge is 0.454 e. The van der Waals surface area contributed by atoms with Crippen molar-refractivity contribution in [2.75, 3.05) is 13.2 Å². The minimum Gasteiger partial charge on any atom is -0.454 e. The van der Waals surface area contributed by atoms with E-state index in [1.165, 1.54) is 18.2 Å². The summed E-state index contributed by atoms with van der Waals surface area (Å²) in [5.41, 5.74) is 0.832. The molecule has 2 aromatic carbocycles. The Morgan fingerprint density at radius 2 is 1.59 bits per heavy atom. The van der Waals surface area contributed by atoms with E-state index in [0.29, 0.717) is 20.6 Å². The van der Waals surface area contributed by atoms with Gasteiger partial charge in [0, 0.05) is 15.1 Å². The molecule has 0 bridgehead atoms. The van der Waals surface area contributed by atoms with Gasteiger partial charge in [-0.2, -0.15) is 0 Å². The standard InChI is InChI=1S/C19H16Cl4N2O4/c1-10(13-4-2-11(20)6-15(13)22)25-17(26)9-29-18(27)8-24-19(28)14-5-3-12(21)7-16(14)23/h2-7,10H,8-9H2,1H3,(H,24,28)(H,25,26)/t10-/m1/s1. The highest BCUT2D eigenvalue weighted by Crippen LogP contribution is 2.26. The van der Waals surface area contributed by atoms with Crippen LogP contribution in [0.15, 0.2) is 36.4 Å². The molecular formula is C19H16Cl4N2O4. The van der Waals surface area contributed by atoms with E-state index in [0.717, 1.165) is 0 Å². The van der Waals surface area contributed by atoms with Crippen LogP contribution in [-0.4, -0.2) is 30.9 Å². The van der Waals surface area contributed by atoms with Crippen molar-refractivity contribution >= 4 is 64.2 Å². The molecule has 2 N–H and O–H groups in total. The molecule has 0 saturated carbocycles. The van der Waals surface area contributed by atoms with Crippen LogP contribution >= 0.6 is 46.4 Å². The summed E-state index contributed by atoms with van der Waals surface area (Å²) in [6, 6.07) is 8.84. The van der Waals surface area contributed by atoms with Crippen LogP contribution < -0.4 is 10.6 Å². The fraction of sp³-hybridized carbons (Fsp3) is 0.211. The number of ether oxygens (including phenoxy) is 1. The average molecular weight is 478 g/mol. The van der Waals surface area contributed by atoms with E-state index in [1.807, 2.05) is 0 Å². The summed E-state index contributed by atoms with van der Waals surface area (Å²) in [7, 11) is 0. The molecular weight excluding hydrogens is 462 g/mol. The topological polar surface area (TPSA) is 84.5 Å². The predicted molar refractivity (Wildman–Crippen MR) is 113 cm³/mol. The van der Waals surface area contributed by atoms with Crippen molar-refractivity contribution in [2.24, 2.45) is 0 Å². The third-order valence-electron chi connectivity index (χ3n) is 3.74. The second-order valence-corrected chi connectivity index (χ2v) is 7.61. The summed E-state index contributed by atoms with van der Waals surface area (Å²) < 4.78 is 4.85. The number of hydrogen-bond acceptors (Lipinski definition) is 4. The Balaban J connectivity index is 1.78. The van der Waals surface area contributed by atoms with Gasteiger partial charge in [0.2, 0.25) is 0 Å². The predicted octanol–water partition coefficient (Wildman–Crippen LogP) is 4.45. The van der Waals surface area contributed by atoms with E-state index in [2.05, 4.69) is 10.6 Å². The summed E-state index contributed by atoms with van der Waals surface area (Å²) in [5, 5.41) is 6.43. The van der Waals surface area contributed by atoms with Crippen LogP contribution in [0.5, 0.6) is 0 Å². The van der Waals surface area contributed by atoms with Gasteiger partial charge in [-0.3, -0.25) is 14.4 Å². The Kier molecular flexibility index (Phi) is 8.59. The number of benzene rings is 2. The molecule has 2 aromatic rings. The zero-order valence-corrected chi connectivity index (χ0v) is 18.1. The third kappa shape index (κ3) is 7.08. The van der Waals surface area contributed by atoms with E-state index in [1.54, 1.807) is 25.1 Å². The average Bonchev–Trinajstić information content (AvgIpc) is 2.64. The molecule has 0 heterocycles. The number of amides is 2. The monoisotopic (exact) mass is 476 g/mol. The molecule has 0 unspecified atom stereocenters. The molecule has 0 saturated heterocycles. The summed E-state index contributed by atoms with van der Waals surface area (Å²) >= 11 is 23.6. The van der Waals surface area contributed by atoms with Gasteiger partial charge < -0.3 is 15.4 Å². The summed E-state index contributed by atoms with van der Waals surface area (Å²) in [5.74, 6) is -1.88. The Morgan fingerprint density at radius 3 is 2.21 bits per heavy atom. The number of hydrogen-bond donors (Lipinski definition) is 2. The highest BCUT2D eigenvalue weighted by molar-refractivity contribution is 6.37. The highest BCUT2D eigenvalue weighted by atomic mass is 35.5. The fourth-order valence-corrected chi connectivity index (χ4v) is 3.40. The second-order valence-electron chi connectivity index (χ2n) is 5.92. The van der Waals surface area contributed by atoms with Gasteiger partial charge in [-0.05, 0) is 42.8 Å². The maximum absolute atomic E-state index is 12.0. The zero-order valence-electron chi connectivity index (χ0n) is 15.1. The van der Waals surface area contributed by atoms with Crippen LogP contribution in [0.2, 0.25) is 20.1 Å². The van der Waals surface area contributed by atoms with Crippen LogP contribution in [0.3, 0.4) is 0 Å². The van der Waals surface area contributed by atoms with Crippen LogP contribution in [0, 0.1) is 0 Å². The minimum atomic E-state index is -0.782. The molecule has 0 spiro atoms. The van der Waals surface area contributed by atoms with E-state index in [-0.39, 0.29) is 10.6 Å². The highest BCUT2D eigenvalue weighted by Gasteiger charge is 2.16. The van der Waals surface area contributed by atoms with Gasteiger partial charge in [0.05, 0.1) is 16.6 Å². The van der Waals surface area contributed by atoms with Crippen molar-refractivity contribution in [3.63, 3.8) is 0 Å². The Labute approximate surface area is 187 Å². The Hall–Kier alpha value is -1.99. The van der Waals surface area contributed by atoms with Crippen molar-refractivity contribution in [3.8, 4) is 0 Å². The van der Waals surface area contributed by atoms with Gasteiger partial charge in [-0.15, -0.1) is 0 Å². The van der Waals surface area contributed by atoms with Crippen molar-refractivity contribution in [2.45, 2.75) is 13.0 Å². The first-order valence-corrected chi connectivity index (χ1v) is 9.81. The second kappa shape index (κ2) is 10.7. The minimum absolute atomic E-state index is 0.151. The lowest BCUT2D eigenvalue weighted by atomic mass is 10.1.